The van der Waals surface area contributed by atoms with Crippen LogP contribution in [0.2, 0.25) is 0 Å². The smallest absolute Gasteiger partial charge is 0.246 e. The van der Waals surface area contributed by atoms with Gasteiger partial charge in [0, 0.05) is 23.5 Å². The van der Waals surface area contributed by atoms with E-state index in [4.69, 9.17) is 0 Å². The number of carbonyl (C=O) groups is 1. The Kier molecular flexibility index (Phi) is 6.91. The quantitative estimate of drug-likeness (QED) is 0.509. The Labute approximate surface area is 184 Å². The molecule has 2 N–H and O–H groups in total. The number of carbonyl (C=O) groups excluding carboxylic acids is 1. The number of nitrogens with zero attached hydrogens (tertiary/aromatic N) is 3. The lowest BCUT2D eigenvalue weighted by molar-refractivity contribution is -0.117. The molecule has 31 heavy (non-hydrogen) atoms. The lowest BCUT2D eigenvalue weighted by Gasteiger charge is -2.36. The summed E-state index contributed by atoms with van der Waals surface area (Å²) < 4.78 is 0. The molecule has 6 nitrogen and oxygen atoms in total. The van der Waals surface area contributed by atoms with Gasteiger partial charge in [-0.05, 0) is 43.2 Å². The van der Waals surface area contributed by atoms with E-state index >= 15 is 0 Å². The van der Waals surface area contributed by atoms with Crippen LogP contribution in [0.4, 0.5) is 0 Å². The van der Waals surface area contributed by atoms with Crippen molar-refractivity contribution in [3.63, 3.8) is 0 Å². The Morgan fingerprint density at radius 2 is 1.71 bits per heavy atom. The Morgan fingerprint density at radius 1 is 1.13 bits per heavy atom. The average molecular weight is 421 g/mol. The molecule has 2 aromatic carbocycles. The molecule has 2 atom stereocenters. The van der Waals surface area contributed by atoms with Gasteiger partial charge in [-0.1, -0.05) is 58.0 Å². The second-order valence-electron chi connectivity index (χ2n) is 8.73. The number of rotatable bonds is 9. The fourth-order valence-electron chi connectivity index (χ4n) is 3.88. The van der Waals surface area contributed by atoms with Gasteiger partial charge in [0.25, 0.3) is 0 Å². The van der Waals surface area contributed by atoms with Crippen molar-refractivity contribution in [1.82, 2.24) is 20.3 Å². The topological polar surface area (TPSA) is 80.0 Å². The highest BCUT2D eigenvalue weighted by atomic mass is 16.3. The van der Waals surface area contributed by atoms with Crippen LogP contribution in [0.5, 0.6) is 0 Å². The molecule has 1 heterocycles. The predicted molar refractivity (Wildman–Crippen MR) is 124 cm³/mol. The molecule has 2 unspecified atom stereocenters. The summed E-state index contributed by atoms with van der Waals surface area (Å²) in [7, 11) is 0. The van der Waals surface area contributed by atoms with Gasteiger partial charge in [-0.15, -0.1) is 10.2 Å². The molecule has 0 aliphatic heterocycles. The zero-order valence-electron chi connectivity index (χ0n) is 18.8. The van der Waals surface area contributed by atoms with Crippen LogP contribution in [0.1, 0.15) is 46.1 Å². The summed E-state index contributed by atoms with van der Waals surface area (Å²) in [4.78, 5) is 13.6. The summed E-state index contributed by atoms with van der Waals surface area (Å²) in [6.07, 6.45) is 1.13. The summed E-state index contributed by atoms with van der Waals surface area (Å²) in [6.45, 7) is 11.9. The van der Waals surface area contributed by atoms with Crippen LogP contribution < -0.4 is 5.32 Å². The summed E-state index contributed by atoms with van der Waals surface area (Å²) in [5.74, 6) is -0.226. The van der Waals surface area contributed by atoms with Crippen molar-refractivity contribution in [3.05, 3.63) is 66.2 Å². The monoisotopic (exact) mass is 420 g/mol. The van der Waals surface area contributed by atoms with E-state index in [-0.39, 0.29) is 11.8 Å². The summed E-state index contributed by atoms with van der Waals surface area (Å²) in [6, 6.07) is 15.7. The number of benzene rings is 2. The normalized spacial score (nSPS) is 13.7. The van der Waals surface area contributed by atoms with Crippen LogP contribution in [-0.2, 0) is 10.2 Å². The Bertz CT molecular complexity index is 1020. The Morgan fingerprint density at radius 3 is 2.23 bits per heavy atom. The Balaban J connectivity index is 1.78. The van der Waals surface area contributed by atoms with Crippen LogP contribution in [-0.4, -0.2) is 38.7 Å². The Hall–Kier alpha value is -2.99. The molecular weight excluding hydrogens is 388 g/mol. The molecule has 6 heteroatoms. The van der Waals surface area contributed by atoms with E-state index in [0.717, 1.165) is 35.1 Å². The zero-order valence-corrected chi connectivity index (χ0v) is 18.8. The van der Waals surface area contributed by atoms with Crippen molar-refractivity contribution >= 4 is 16.9 Å². The minimum absolute atomic E-state index is 0.0546. The molecule has 0 aliphatic carbocycles. The zero-order chi connectivity index (χ0) is 22.6. The fourth-order valence-corrected chi connectivity index (χ4v) is 3.88. The summed E-state index contributed by atoms with van der Waals surface area (Å²) >= 11 is 0. The van der Waals surface area contributed by atoms with E-state index in [9.17, 15) is 9.90 Å². The van der Waals surface area contributed by atoms with Crippen molar-refractivity contribution < 1.29 is 9.90 Å². The minimum Gasteiger partial charge on any atom is -0.392 e. The summed E-state index contributed by atoms with van der Waals surface area (Å²) in [5, 5.41) is 23.2. The molecule has 0 spiro atoms. The van der Waals surface area contributed by atoms with E-state index in [1.807, 2.05) is 62.4 Å². The number of aliphatic hydroxyl groups excluding tert-OH is 1. The highest BCUT2D eigenvalue weighted by Crippen LogP contribution is 2.33. The van der Waals surface area contributed by atoms with Crippen LogP contribution in [0, 0.1) is 5.92 Å². The molecule has 1 aromatic heterocycles. The molecule has 3 rings (SSSR count). The first kappa shape index (κ1) is 22.7. The number of aromatic nitrogens is 3. The fraction of sp³-hybridized carbons (Fsp3) is 0.400. The van der Waals surface area contributed by atoms with Crippen molar-refractivity contribution in [2.45, 2.75) is 52.1 Å². The highest BCUT2D eigenvalue weighted by Gasteiger charge is 2.35. The van der Waals surface area contributed by atoms with Gasteiger partial charge in [0.2, 0.25) is 5.91 Å². The number of fused-ring (bicyclic) bond motifs is 1. The number of hydrogen-bond donors (Lipinski definition) is 2. The molecular formula is C25H32N4O2. The molecule has 3 aromatic rings. The maximum atomic E-state index is 11.9. The lowest BCUT2D eigenvalue weighted by Crippen LogP contribution is -2.44. The van der Waals surface area contributed by atoms with E-state index in [2.05, 4.69) is 29.0 Å². The highest BCUT2D eigenvalue weighted by molar-refractivity contribution is 5.92. The third-order valence-electron chi connectivity index (χ3n) is 5.89. The average Bonchev–Trinajstić information content (AvgIpc) is 3.20. The van der Waals surface area contributed by atoms with Crippen LogP contribution in [0.15, 0.2) is 60.7 Å². The van der Waals surface area contributed by atoms with Gasteiger partial charge in [0.15, 0.2) is 0 Å². The minimum atomic E-state index is -0.617. The second kappa shape index (κ2) is 9.43. The SMILES string of the molecule is C=C(C)C(=O)NCC(CCC)C(O)C(C)(C)c1ccc(-n2nc3ccccc3n2)cc1. The lowest BCUT2D eigenvalue weighted by atomic mass is 9.73. The molecule has 0 saturated carbocycles. The van der Waals surface area contributed by atoms with Gasteiger partial charge in [0.1, 0.15) is 11.0 Å². The molecule has 1 amide bonds. The standard InChI is InChI=1S/C25H32N4O2/c1-6-9-18(16-26-24(31)17(2)3)23(30)25(4,5)19-12-14-20(15-13-19)29-27-21-10-7-8-11-22(21)28-29/h7-8,10-15,18,23,30H,2,6,9,16H2,1,3-5H3,(H,26,31). The van der Waals surface area contributed by atoms with E-state index in [1.54, 1.807) is 11.7 Å². The first-order valence-electron chi connectivity index (χ1n) is 10.8. The molecule has 0 bridgehead atoms. The van der Waals surface area contributed by atoms with Gasteiger partial charge < -0.3 is 10.4 Å². The maximum Gasteiger partial charge on any atom is 0.246 e. The first-order chi connectivity index (χ1) is 14.7. The number of hydrogen-bond acceptors (Lipinski definition) is 4. The third-order valence-corrected chi connectivity index (χ3v) is 5.89. The first-order valence-corrected chi connectivity index (χ1v) is 10.8. The van der Waals surface area contributed by atoms with Gasteiger partial charge in [-0.2, -0.15) is 4.80 Å². The van der Waals surface area contributed by atoms with E-state index in [1.165, 1.54) is 0 Å². The number of aliphatic hydroxyl groups is 1. The van der Waals surface area contributed by atoms with Crippen molar-refractivity contribution in [2.24, 2.45) is 5.92 Å². The summed E-state index contributed by atoms with van der Waals surface area (Å²) in [5.41, 5.74) is 3.56. The van der Waals surface area contributed by atoms with Gasteiger partial charge in [0.05, 0.1) is 11.8 Å². The van der Waals surface area contributed by atoms with Gasteiger partial charge in [-0.3, -0.25) is 4.79 Å². The molecule has 164 valence electrons. The molecule has 0 fully saturated rings. The molecule has 0 radical (unpaired) electrons. The molecule has 0 saturated heterocycles. The number of amides is 1. The number of nitrogens with one attached hydrogen (secondary N) is 1. The van der Waals surface area contributed by atoms with Crippen LogP contribution in [0.3, 0.4) is 0 Å². The van der Waals surface area contributed by atoms with E-state index < -0.39 is 11.5 Å². The predicted octanol–water partition coefficient (Wildman–Crippen LogP) is 4.17. The second-order valence-corrected chi connectivity index (χ2v) is 8.73. The largest absolute Gasteiger partial charge is 0.392 e. The van der Waals surface area contributed by atoms with Crippen LogP contribution in [0.25, 0.3) is 16.7 Å². The van der Waals surface area contributed by atoms with Crippen molar-refractivity contribution in [3.8, 4) is 5.69 Å². The third kappa shape index (κ3) is 5.02. The van der Waals surface area contributed by atoms with Crippen LogP contribution >= 0.6 is 0 Å². The molecule has 0 aliphatic rings. The van der Waals surface area contributed by atoms with Crippen molar-refractivity contribution in [1.29, 1.82) is 0 Å². The maximum absolute atomic E-state index is 11.9. The van der Waals surface area contributed by atoms with Gasteiger partial charge >= 0.3 is 0 Å². The van der Waals surface area contributed by atoms with Gasteiger partial charge in [-0.25, -0.2) is 0 Å². The van der Waals surface area contributed by atoms with E-state index in [0.29, 0.717) is 12.1 Å². The van der Waals surface area contributed by atoms with Crippen molar-refractivity contribution in [2.75, 3.05) is 6.54 Å².